The first-order valence-electron chi connectivity index (χ1n) is 5.47. The first kappa shape index (κ1) is 13.9. The van der Waals surface area contributed by atoms with Crippen LogP contribution in [0.4, 0.5) is 5.82 Å². The highest BCUT2D eigenvalue weighted by molar-refractivity contribution is 7.89. The van der Waals surface area contributed by atoms with Gasteiger partial charge in [-0.3, -0.25) is 0 Å². The molecule has 19 heavy (non-hydrogen) atoms. The van der Waals surface area contributed by atoms with Gasteiger partial charge in [0, 0.05) is 18.8 Å². The first-order chi connectivity index (χ1) is 9.03. The molecule has 0 spiro atoms. The number of rotatable bonds is 5. The zero-order chi connectivity index (χ0) is 13.9. The summed E-state index contributed by atoms with van der Waals surface area (Å²) < 4.78 is 26.8. The molecule has 0 saturated carbocycles. The summed E-state index contributed by atoms with van der Waals surface area (Å²) in [6, 6.07) is 2.80. The molecule has 0 aromatic carbocycles. The summed E-state index contributed by atoms with van der Waals surface area (Å²) in [6.45, 7) is 2.22. The van der Waals surface area contributed by atoms with Crippen molar-refractivity contribution in [1.82, 2.24) is 9.71 Å². The van der Waals surface area contributed by atoms with E-state index >= 15 is 0 Å². The maximum Gasteiger partial charge on any atom is 0.241 e. The third-order valence-corrected chi connectivity index (χ3v) is 4.91. The van der Waals surface area contributed by atoms with Gasteiger partial charge < -0.3 is 5.43 Å². The van der Waals surface area contributed by atoms with E-state index < -0.39 is 10.0 Å². The standard InChI is InChI=1S/C11H14N4O2S2/c1-8-6-18-7-9(8)5-14-19(16,17)10-2-3-13-11(4-10)15-12/h2-4,6-7,14H,5,12H2,1H3,(H,13,15). The number of thiophene rings is 1. The van der Waals surface area contributed by atoms with Gasteiger partial charge in [-0.2, -0.15) is 11.3 Å². The Labute approximate surface area is 115 Å². The highest BCUT2D eigenvalue weighted by atomic mass is 32.2. The molecule has 0 aliphatic carbocycles. The lowest BCUT2D eigenvalue weighted by atomic mass is 10.2. The minimum atomic E-state index is -3.57. The molecule has 0 amide bonds. The Bertz CT molecular complexity index is 667. The Hall–Kier alpha value is -1.48. The van der Waals surface area contributed by atoms with E-state index in [0.717, 1.165) is 11.1 Å². The molecule has 0 fully saturated rings. The average Bonchev–Trinajstić information content (AvgIpc) is 2.82. The van der Waals surface area contributed by atoms with Gasteiger partial charge in [-0.05, 0) is 34.9 Å². The van der Waals surface area contributed by atoms with Crippen LogP contribution in [0, 0.1) is 6.92 Å². The van der Waals surface area contributed by atoms with Gasteiger partial charge in [0.05, 0.1) is 4.90 Å². The van der Waals surface area contributed by atoms with Crippen molar-refractivity contribution < 1.29 is 8.42 Å². The third-order valence-electron chi connectivity index (χ3n) is 2.60. The van der Waals surface area contributed by atoms with Gasteiger partial charge in [0.25, 0.3) is 0 Å². The topological polar surface area (TPSA) is 97.1 Å². The molecular weight excluding hydrogens is 284 g/mol. The van der Waals surface area contributed by atoms with E-state index in [0.29, 0.717) is 5.82 Å². The predicted octanol–water partition coefficient (Wildman–Crippen LogP) is 1.22. The summed E-state index contributed by atoms with van der Waals surface area (Å²) in [5, 5.41) is 3.91. The van der Waals surface area contributed by atoms with Gasteiger partial charge in [-0.25, -0.2) is 24.0 Å². The molecule has 8 heteroatoms. The maximum absolute atomic E-state index is 12.1. The smallest absolute Gasteiger partial charge is 0.241 e. The minimum Gasteiger partial charge on any atom is -0.308 e. The number of nitrogen functional groups attached to an aromatic ring is 1. The summed E-state index contributed by atoms with van der Waals surface area (Å²) in [5.41, 5.74) is 4.36. The fraction of sp³-hybridized carbons (Fsp3) is 0.182. The van der Waals surface area contributed by atoms with E-state index in [1.165, 1.54) is 18.3 Å². The van der Waals surface area contributed by atoms with Gasteiger partial charge in [0.15, 0.2) is 0 Å². The SMILES string of the molecule is Cc1cscc1CNS(=O)(=O)c1ccnc(NN)c1. The summed E-state index contributed by atoms with van der Waals surface area (Å²) >= 11 is 1.55. The fourth-order valence-corrected chi connectivity index (χ4v) is 3.36. The Kier molecular flexibility index (Phi) is 4.15. The van der Waals surface area contributed by atoms with Crippen LogP contribution in [0.3, 0.4) is 0 Å². The molecule has 2 aromatic rings. The summed E-state index contributed by atoms with van der Waals surface area (Å²) in [7, 11) is -3.57. The third kappa shape index (κ3) is 3.29. The van der Waals surface area contributed by atoms with Gasteiger partial charge in [0.2, 0.25) is 10.0 Å². The Morgan fingerprint density at radius 1 is 1.42 bits per heavy atom. The quantitative estimate of drug-likeness (QED) is 0.569. The van der Waals surface area contributed by atoms with Crippen molar-refractivity contribution in [3.63, 3.8) is 0 Å². The zero-order valence-corrected chi connectivity index (χ0v) is 11.9. The van der Waals surface area contributed by atoms with Crippen molar-refractivity contribution in [3.8, 4) is 0 Å². The van der Waals surface area contributed by atoms with Crippen LogP contribution in [0.2, 0.25) is 0 Å². The average molecular weight is 298 g/mol. The molecule has 0 radical (unpaired) electrons. The van der Waals surface area contributed by atoms with Crippen LogP contribution in [-0.2, 0) is 16.6 Å². The number of nitrogens with zero attached hydrogens (tertiary/aromatic N) is 1. The number of aryl methyl sites for hydroxylation is 1. The highest BCUT2D eigenvalue weighted by Crippen LogP contribution is 2.16. The number of nitrogens with two attached hydrogens (primary N) is 1. The second kappa shape index (κ2) is 5.66. The van der Waals surface area contributed by atoms with Crippen LogP contribution in [0.15, 0.2) is 34.0 Å². The van der Waals surface area contributed by atoms with Gasteiger partial charge in [-0.1, -0.05) is 0 Å². The van der Waals surface area contributed by atoms with Crippen LogP contribution >= 0.6 is 11.3 Å². The highest BCUT2D eigenvalue weighted by Gasteiger charge is 2.15. The van der Waals surface area contributed by atoms with Crippen molar-refractivity contribution in [2.24, 2.45) is 5.84 Å². The number of anilines is 1. The van der Waals surface area contributed by atoms with Gasteiger partial charge >= 0.3 is 0 Å². The van der Waals surface area contributed by atoms with E-state index in [9.17, 15) is 8.42 Å². The molecule has 4 N–H and O–H groups in total. The second-order valence-corrected chi connectivity index (χ2v) is 6.44. The van der Waals surface area contributed by atoms with Crippen molar-refractivity contribution in [1.29, 1.82) is 0 Å². The number of hydrazine groups is 1. The normalized spacial score (nSPS) is 11.5. The Balaban J connectivity index is 2.16. The molecule has 0 bridgehead atoms. The second-order valence-electron chi connectivity index (χ2n) is 3.93. The fourth-order valence-electron chi connectivity index (χ4n) is 1.48. The largest absolute Gasteiger partial charge is 0.308 e. The maximum atomic E-state index is 12.1. The Morgan fingerprint density at radius 3 is 2.84 bits per heavy atom. The van der Waals surface area contributed by atoms with E-state index in [1.54, 1.807) is 11.3 Å². The monoisotopic (exact) mass is 298 g/mol. The lowest BCUT2D eigenvalue weighted by molar-refractivity contribution is 0.581. The lowest BCUT2D eigenvalue weighted by Gasteiger charge is -2.07. The van der Waals surface area contributed by atoms with Crippen LogP contribution < -0.4 is 16.0 Å². The molecule has 0 unspecified atom stereocenters. The van der Waals surface area contributed by atoms with Crippen molar-refractivity contribution in [3.05, 3.63) is 40.2 Å². The molecule has 102 valence electrons. The Morgan fingerprint density at radius 2 is 2.21 bits per heavy atom. The van der Waals surface area contributed by atoms with Crippen molar-refractivity contribution in [2.75, 3.05) is 5.43 Å². The lowest BCUT2D eigenvalue weighted by Crippen LogP contribution is -2.23. The molecule has 0 saturated heterocycles. The summed E-state index contributed by atoms with van der Waals surface area (Å²) in [5.74, 6) is 5.51. The molecule has 0 aliphatic rings. The van der Waals surface area contributed by atoms with Crippen molar-refractivity contribution in [2.45, 2.75) is 18.4 Å². The molecule has 2 aromatic heterocycles. The van der Waals surface area contributed by atoms with Crippen LogP contribution in [0.5, 0.6) is 0 Å². The van der Waals surface area contributed by atoms with E-state index in [-0.39, 0.29) is 11.4 Å². The predicted molar refractivity (Wildman–Crippen MR) is 75.1 cm³/mol. The molecule has 2 rings (SSSR count). The first-order valence-corrected chi connectivity index (χ1v) is 7.89. The van der Waals surface area contributed by atoms with Crippen LogP contribution in [-0.4, -0.2) is 13.4 Å². The van der Waals surface area contributed by atoms with Crippen molar-refractivity contribution >= 4 is 27.2 Å². The van der Waals surface area contributed by atoms with E-state index in [2.05, 4.69) is 15.1 Å². The van der Waals surface area contributed by atoms with Crippen LogP contribution in [0.1, 0.15) is 11.1 Å². The molecule has 0 aliphatic heterocycles. The van der Waals surface area contributed by atoms with Crippen LogP contribution in [0.25, 0.3) is 0 Å². The minimum absolute atomic E-state index is 0.128. The number of nitrogens with one attached hydrogen (secondary N) is 2. The molecule has 6 nitrogen and oxygen atoms in total. The number of hydrogen-bond acceptors (Lipinski definition) is 6. The number of aromatic nitrogens is 1. The van der Waals surface area contributed by atoms with E-state index in [1.807, 2.05) is 17.7 Å². The van der Waals surface area contributed by atoms with Gasteiger partial charge in [-0.15, -0.1) is 0 Å². The molecular formula is C11H14N4O2S2. The number of pyridine rings is 1. The van der Waals surface area contributed by atoms with E-state index in [4.69, 9.17) is 5.84 Å². The number of sulfonamides is 1. The summed E-state index contributed by atoms with van der Waals surface area (Å²) in [4.78, 5) is 4.00. The zero-order valence-electron chi connectivity index (χ0n) is 10.3. The summed E-state index contributed by atoms with van der Waals surface area (Å²) in [6.07, 6.45) is 1.39. The molecule has 2 heterocycles. The van der Waals surface area contributed by atoms with Gasteiger partial charge in [0.1, 0.15) is 5.82 Å². The molecule has 0 atom stereocenters. The number of hydrogen-bond donors (Lipinski definition) is 3.